The summed E-state index contributed by atoms with van der Waals surface area (Å²) in [6.07, 6.45) is 4.76. The lowest BCUT2D eigenvalue weighted by atomic mass is 9.77. The van der Waals surface area contributed by atoms with Crippen LogP contribution in [0.3, 0.4) is 0 Å². The second-order valence-electron chi connectivity index (χ2n) is 4.07. The van der Waals surface area contributed by atoms with Crippen LogP contribution in [0.1, 0.15) is 41.1 Å². The molecular weight excluding hydrogens is 194 g/mol. The Labute approximate surface area is 86.7 Å². The maximum absolute atomic E-state index is 11.0. The SMILES string of the molecule is NC(=O)c1ncc2c(n1)C1(CCC1)OC2. The van der Waals surface area contributed by atoms with Crippen LogP contribution in [0.4, 0.5) is 0 Å². The molecule has 3 rings (SSSR count). The third kappa shape index (κ3) is 1.10. The number of nitrogens with zero attached hydrogens (tertiary/aromatic N) is 2. The molecule has 1 spiro atoms. The van der Waals surface area contributed by atoms with E-state index < -0.39 is 5.91 Å². The van der Waals surface area contributed by atoms with Crippen LogP contribution in [-0.4, -0.2) is 15.9 Å². The van der Waals surface area contributed by atoms with Gasteiger partial charge in [0, 0.05) is 11.8 Å². The fourth-order valence-electron chi connectivity index (χ4n) is 2.19. The van der Waals surface area contributed by atoms with Crippen molar-refractivity contribution in [1.82, 2.24) is 9.97 Å². The van der Waals surface area contributed by atoms with E-state index in [0.29, 0.717) is 6.61 Å². The summed E-state index contributed by atoms with van der Waals surface area (Å²) in [6, 6.07) is 0. The minimum absolute atomic E-state index is 0.0884. The average molecular weight is 205 g/mol. The van der Waals surface area contributed by atoms with Gasteiger partial charge in [0.15, 0.2) is 0 Å². The molecule has 1 amide bonds. The van der Waals surface area contributed by atoms with Crippen LogP contribution >= 0.6 is 0 Å². The molecule has 0 radical (unpaired) electrons. The minimum atomic E-state index is -0.584. The first-order valence-electron chi connectivity index (χ1n) is 5.01. The fourth-order valence-corrected chi connectivity index (χ4v) is 2.19. The predicted octanol–water partition coefficient (Wildman–Crippen LogP) is 0.485. The highest BCUT2D eigenvalue weighted by molar-refractivity contribution is 5.88. The normalized spacial score (nSPS) is 21.1. The van der Waals surface area contributed by atoms with Gasteiger partial charge >= 0.3 is 0 Å². The van der Waals surface area contributed by atoms with Crippen molar-refractivity contribution in [2.45, 2.75) is 31.5 Å². The first kappa shape index (κ1) is 8.79. The topological polar surface area (TPSA) is 78.1 Å². The molecule has 1 aromatic rings. The van der Waals surface area contributed by atoms with E-state index in [1.165, 1.54) is 0 Å². The molecule has 0 unspecified atom stereocenters. The smallest absolute Gasteiger partial charge is 0.286 e. The largest absolute Gasteiger partial charge is 0.364 e. The number of carbonyl (C=O) groups is 1. The number of rotatable bonds is 1. The van der Waals surface area contributed by atoms with Gasteiger partial charge in [-0.25, -0.2) is 9.97 Å². The molecule has 2 heterocycles. The van der Waals surface area contributed by atoms with Crippen molar-refractivity contribution in [3.8, 4) is 0 Å². The summed E-state index contributed by atoms with van der Waals surface area (Å²) in [5.74, 6) is -0.496. The van der Waals surface area contributed by atoms with Crippen molar-refractivity contribution in [1.29, 1.82) is 0 Å². The van der Waals surface area contributed by atoms with Gasteiger partial charge in [-0.05, 0) is 19.3 Å². The molecule has 1 fully saturated rings. The van der Waals surface area contributed by atoms with Crippen molar-refractivity contribution >= 4 is 5.91 Å². The Morgan fingerprint density at radius 3 is 2.93 bits per heavy atom. The first-order chi connectivity index (χ1) is 7.21. The molecule has 0 atom stereocenters. The molecule has 0 saturated heterocycles. The van der Waals surface area contributed by atoms with Crippen molar-refractivity contribution < 1.29 is 9.53 Å². The number of ether oxygens (including phenoxy) is 1. The van der Waals surface area contributed by atoms with Gasteiger partial charge in [0.25, 0.3) is 5.91 Å². The molecule has 78 valence electrons. The number of primary amides is 1. The number of hydrogen-bond donors (Lipinski definition) is 1. The van der Waals surface area contributed by atoms with Crippen LogP contribution in [-0.2, 0) is 16.9 Å². The molecule has 1 aliphatic heterocycles. The molecule has 5 heteroatoms. The van der Waals surface area contributed by atoms with Crippen molar-refractivity contribution in [3.63, 3.8) is 0 Å². The molecule has 1 saturated carbocycles. The van der Waals surface area contributed by atoms with Crippen molar-refractivity contribution in [3.05, 3.63) is 23.3 Å². The van der Waals surface area contributed by atoms with Gasteiger partial charge in [0.05, 0.1) is 12.3 Å². The van der Waals surface area contributed by atoms with E-state index in [-0.39, 0.29) is 11.4 Å². The average Bonchev–Trinajstić information content (AvgIpc) is 2.54. The van der Waals surface area contributed by atoms with Gasteiger partial charge in [0.1, 0.15) is 5.60 Å². The molecule has 2 N–H and O–H groups in total. The summed E-state index contributed by atoms with van der Waals surface area (Å²) in [5, 5.41) is 0. The second kappa shape index (κ2) is 2.76. The summed E-state index contributed by atoms with van der Waals surface area (Å²) in [5.41, 5.74) is 6.78. The third-order valence-corrected chi connectivity index (χ3v) is 3.18. The van der Waals surface area contributed by atoms with E-state index in [1.807, 2.05) is 0 Å². The molecule has 15 heavy (non-hydrogen) atoms. The predicted molar refractivity (Wildman–Crippen MR) is 50.9 cm³/mol. The molecule has 1 aromatic heterocycles. The number of carbonyl (C=O) groups excluding carboxylic acids is 1. The standard InChI is InChI=1S/C10H11N3O2/c11-8(14)9-12-4-6-5-15-10(2-1-3-10)7(6)13-9/h4H,1-3,5H2,(H2,11,14). The number of nitrogens with two attached hydrogens (primary N) is 1. The van der Waals surface area contributed by atoms with Crippen molar-refractivity contribution in [2.75, 3.05) is 0 Å². The maximum atomic E-state index is 11.0. The van der Waals surface area contributed by atoms with E-state index in [9.17, 15) is 4.79 Å². The van der Waals surface area contributed by atoms with E-state index in [0.717, 1.165) is 30.5 Å². The summed E-state index contributed by atoms with van der Waals surface area (Å²) in [7, 11) is 0. The van der Waals surface area contributed by atoms with Gasteiger partial charge in [-0.3, -0.25) is 4.79 Å². The lowest BCUT2D eigenvalue weighted by Gasteiger charge is -2.36. The Kier molecular flexibility index (Phi) is 1.62. The van der Waals surface area contributed by atoms with Gasteiger partial charge in [-0.15, -0.1) is 0 Å². The van der Waals surface area contributed by atoms with E-state index >= 15 is 0 Å². The second-order valence-corrected chi connectivity index (χ2v) is 4.07. The van der Waals surface area contributed by atoms with E-state index in [4.69, 9.17) is 10.5 Å². The molecule has 5 nitrogen and oxygen atoms in total. The first-order valence-corrected chi connectivity index (χ1v) is 5.01. The highest BCUT2D eigenvalue weighted by atomic mass is 16.5. The highest BCUT2D eigenvalue weighted by Gasteiger charge is 2.47. The quantitative estimate of drug-likeness (QED) is 0.723. The van der Waals surface area contributed by atoms with Crippen LogP contribution in [0.25, 0.3) is 0 Å². The molecule has 2 aliphatic rings. The molecule has 0 bridgehead atoms. The number of amides is 1. The van der Waals surface area contributed by atoms with Crippen LogP contribution in [0.5, 0.6) is 0 Å². The van der Waals surface area contributed by atoms with Crippen LogP contribution in [0.15, 0.2) is 6.20 Å². The van der Waals surface area contributed by atoms with Crippen LogP contribution in [0, 0.1) is 0 Å². The lowest BCUT2D eigenvalue weighted by molar-refractivity contribution is -0.0966. The summed E-state index contributed by atoms with van der Waals surface area (Å²) >= 11 is 0. The fraction of sp³-hybridized carbons (Fsp3) is 0.500. The zero-order valence-electron chi connectivity index (χ0n) is 8.19. The van der Waals surface area contributed by atoms with Crippen molar-refractivity contribution in [2.24, 2.45) is 5.73 Å². The zero-order chi connectivity index (χ0) is 10.5. The third-order valence-electron chi connectivity index (χ3n) is 3.18. The Morgan fingerprint density at radius 1 is 1.53 bits per heavy atom. The minimum Gasteiger partial charge on any atom is -0.364 e. The summed E-state index contributed by atoms with van der Waals surface area (Å²) < 4.78 is 5.73. The molecular formula is C10H11N3O2. The van der Waals surface area contributed by atoms with Gasteiger partial charge in [-0.1, -0.05) is 0 Å². The van der Waals surface area contributed by atoms with Crippen LogP contribution < -0.4 is 5.73 Å². The Bertz CT molecular complexity index is 440. The number of fused-ring (bicyclic) bond motifs is 2. The van der Waals surface area contributed by atoms with Gasteiger partial charge in [0.2, 0.25) is 5.82 Å². The number of aromatic nitrogens is 2. The monoisotopic (exact) mass is 205 g/mol. The van der Waals surface area contributed by atoms with Crippen LogP contribution in [0.2, 0.25) is 0 Å². The Balaban J connectivity index is 2.10. The van der Waals surface area contributed by atoms with Gasteiger partial charge in [-0.2, -0.15) is 0 Å². The number of hydrogen-bond acceptors (Lipinski definition) is 4. The Morgan fingerprint density at radius 2 is 2.33 bits per heavy atom. The molecule has 1 aliphatic carbocycles. The summed E-state index contributed by atoms with van der Waals surface area (Å²) in [4.78, 5) is 19.1. The van der Waals surface area contributed by atoms with Gasteiger partial charge < -0.3 is 10.5 Å². The zero-order valence-corrected chi connectivity index (χ0v) is 8.19. The highest BCUT2D eigenvalue weighted by Crippen LogP contribution is 2.49. The Hall–Kier alpha value is -1.49. The molecule has 0 aromatic carbocycles. The lowest BCUT2D eigenvalue weighted by Crippen LogP contribution is -2.34. The summed E-state index contributed by atoms with van der Waals surface area (Å²) in [6.45, 7) is 0.550. The van der Waals surface area contributed by atoms with E-state index in [2.05, 4.69) is 9.97 Å². The maximum Gasteiger partial charge on any atom is 0.286 e. The van der Waals surface area contributed by atoms with E-state index in [1.54, 1.807) is 6.20 Å².